The molecule has 0 aliphatic rings. The molecule has 0 saturated heterocycles. The molecule has 0 fully saturated rings. The predicted molar refractivity (Wildman–Crippen MR) is 106 cm³/mol. The van der Waals surface area contributed by atoms with Crippen LogP contribution in [0.15, 0.2) is 61.2 Å². The first kappa shape index (κ1) is 17.0. The summed E-state index contributed by atoms with van der Waals surface area (Å²) in [5, 5.41) is 3.46. The Morgan fingerprint density at radius 3 is 2.41 bits per heavy atom. The van der Waals surface area contributed by atoms with Crippen LogP contribution >= 0.6 is 0 Å². The maximum Gasteiger partial charge on any atom is 0.316 e. The molecule has 2 aromatic heterocycles. The topological polar surface area (TPSA) is 64.9 Å². The molecular weight excluding hydrogens is 338 g/mol. The maximum atomic E-state index is 5.01. The number of nitrogens with zero attached hydrogens (tertiary/aromatic N) is 4. The van der Waals surface area contributed by atoms with E-state index >= 15 is 0 Å². The highest BCUT2D eigenvalue weighted by molar-refractivity contribution is 5.81. The van der Waals surface area contributed by atoms with Gasteiger partial charge in [-0.2, -0.15) is 0 Å². The van der Waals surface area contributed by atoms with Gasteiger partial charge in [-0.1, -0.05) is 31.2 Å². The van der Waals surface area contributed by atoms with Crippen molar-refractivity contribution < 1.29 is 4.74 Å². The summed E-state index contributed by atoms with van der Waals surface area (Å²) >= 11 is 0. The zero-order chi connectivity index (χ0) is 18.6. The Hall–Kier alpha value is -3.41. The lowest BCUT2D eigenvalue weighted by Crippen LogP contribution is -2.00. The number of imidazole rings is 1. The highest BCUT2D eigenvalue weighted by Gasteiger charge is 2.07. The SMILES string of the molecule is CCc1ccc(CNc2ccc3c(c2)ncn3-c2cnc(OC)nc2)cc1. The highest BCUT2D eigenvalue weighted by atomic mass is 16.5. The number of hydrogen-bond donors (Lipinski definition) is 1. The third-order valence-corrected chi connectivity index (χ3v) is 4.55. The van der Waals surface area contributed by atoms with Crippen LogP contribution in [0.25, 0.3) is 16.7 Å². The summed E-state index contributed by atoms with van der Waals surface area (Å²) in [6.45, 7) is 2.95. The third-order valence-electron chi connectivity index (χ3n) is 4.55. The standard InChI is InChI=1S/C21H21N5O/c1-3-15-4-6-16(7-5-15)11-22-17-8-9-20-19(10-17)25-14-26(20)18-12-23-21(27-2)24-13-18/h4-10,12-14,22H,3,11H2,1-2H3. The summed E-state index contributed by atoms with van der Waals surface area (Å²) in [5.74, 6) is 0. The number of benzene rings is 2. The van der Waals surface area contributed by atoms with E-state index in [1.807, 2.05) is 4.57 Å². The van der Waals surface area contributed by atoms with E-state index in [1.54, 1.807) is 25.8 Å². The van der Waals surface area contributed by atoms with Crippen molar-refractivity contribution in [3.8, 4) is 11.7 Å². The van der Waals surface area contributed by atoms with E-state index in [4.69, 9.17) is 4.74 Å². The summed E-state index contributed by atoms with van der Waals surface area (Å²) in [7, 11) is 1.55. The van der Waals surface area contributed by atoms with Crippen LogP contribution in [0.1, 0.15) is 18.1 Å². The second-order valence-corrected chi connectivity index (χ2v) is 6.27. The number of ether oxygens (including phenoxy) is 1. The lowest BCUT2D eigenvalue weighted by molar-refractivity contribution is 0.379. The molecule has 27 heavy (non-hydrogen) atoms. The maximum absolute atomic E-state index is 5.01. The minimum Gasteiger partial charge on any atom is -0.467 e. The van der Waals surface area contributed by atoms with Crippen molar-refractivity contribution in [3.05, 3.63) is 72.3 Å². The number of aromatic nitrogens is 4. The van der Waals surface area contributed by atoms with Crippen LogP contribution in [0.2, 0.25) is 0 Å². The van der Waals surface area contributed by atoms with Crippen molar-refractivity contribution >= 4 is 16.7 Å². The molecule has 0 unspecified atom stereocenters. The van der Waals surface area contributed by atoms with Gasteiger partial charge in [-0.3, -0.25) is 4.57 Å². The quantitative estimate of drug-likeness (QED) is 0.564. The van der Waals surface area contributed by atoms with E-state index < -0.39 is 0 Å². The van der Waals surface area contributed by atoms with E-state index in [2.05, 4.69) is 69.7 Å². The van der Waals surface area contributed by atoms with Crippen LogP contribution < -0.4 is 10.1 Å². The first-order chi connectivity index (χ1) is 13.3. The summed E-state index contributed by atoms with van der Waals surface area (Å²) in [4.78, 5) is 12.8. The lowest BCUT2D eigenvalue weighted by Gasteiger charge is -2.08. The van der Waals surface area contributed by atoms with Gasteiger partial charge in [-0.25, -0.2) is 15.0 Å². The number of methoxy groups -OCH3 is 1. The van der Waals surface area contributed by atoms with Crippen molar-refractivity contribution in [2.45, 2.75) is 19.9 Å². The fraction of sp³-hybridized carbons (Fsp3) is 0.190. The van der Waals surface area contributed by atoms with Crippen LogP contribution in [-0.2, 0) is 13.0 Å². The highest BCUT2D eigenvalue weighted by Crippen LogP contribution is 2.22. The largest absolute Gasteiger partial charge is 0.467 e. The second kappa shape index (κ2) is 7.45. The molecule has 136 valence electrons. The second-order valence-electron chi connectivity index (χ2n) is 6.27. The summed E-state index contributed by atoms with van der Waals surface area (Å²) in [6.07, 6.45) is 6.29. The Morgan fingerprint density at radius 1 is 0.963 bits per heavy atom. The molecule has 6 nitrogen and oxygen atoms in total. The molecule has 0 aliphatic carbocycles. The minimum absolute atomic E-state index is 0.349. The van der Waals surface area contributed by atoms with Crippen molar-refractivity contribution in [2.75, 3.05) is 12.4 Å². The van der Waals surface area contributed by atoms with Crippen LogP contribution in [0, 0.1) is 0 Å². The molecule has 0 radical (unpaired) electrons. The van der Waals surface area contributed by atoms with Gasteiger partial charge in [0.1, 0.15) is 6.33 Å². The zero-order valence-corrected chi connectivity index (χ0v) is 15.4. The van der Waals surface area contributed by atoms with Gasteiger partial charge in [0, 0.05) is 12.2 Å². The van der Waals surface area contributed by atoms with E-state index in [9.17, 15) is 0 Å². The summed E-state index contributed by atoms with van der Waals surface area (Å²) in [6, 6.07) is 15.2. The Balaban J connectivity index is 1.52. The molecule has 0 atom stereocenters. The Bertz CT molecular complexity index is 1040. The zero-order valence-electron chi connectivity index (χ0n) is 15.4. The fourth-order valence-electron chi connectivity index (χ4n) is 2.96. The van der Waals surface area contributed by atoms with Crippen molar-refractivity contribution in [1.82, 2.24) is 19.5 Å². The molecule has 0 spiro atoms. The number of rotatable bonds is 6. The van der Waals surface area contributed by atoms with Crippen molar-refractivity contribution in [1.29, 1.82) is 0 Å². The van der Waals surface area contributed by atoms with Gasteiger partial charge in [0.05, 0.1) is 36.2 Å². The summed E-state index contributed by atoms with van der Waals surface area (Å²) in [5.41, 5.74) is 6.41. The van der Waals surface area contributed by atoms with Crippen LogP contribution in [0.5, 0.6) is 6.01 Å². The number of nitrogens with one attached hydrogen (secondary N) is 1. The predicted octanol–water partition coefficient (Wildman–Crippen LogP) is 4.00. The molecule has 4 rings (SSSR count). The number of aryl methyl sites for hydroxylation is 1. The molecule has 0 amide bonds. The first-order valence-corrected chi connectivity index (χ1v) is 8.92. The smallest absolute Gasteiger partial charge is 0.316 e. The molecule has 2 aromatic carbocycles. The average molecular weight is 359 g/mol. The van der Waals surface area contributed by atoms with Crippen LogP contribution in [-0.4, -0.2) is 26.6 Å². The van der Waals surface area contributed by atoms with Gasteiger partial charge in [0.15, 0.2) is 0 Å². The number of fused-ring (bicyclic) bond motifs is 1. The molecule has 0 saturated carbocycles. The van der Waals surface area contributed by atoms with Gasteiger partial charge in [0.2, 0.25) is 0 Å². The van der Waals surface area contributed by atoms with E-state index in [0.29, 0.717) is 6.01 Å². The summed E-state index contributed by atoms with van der Waals surface area (Å²) < 4.78 is 6.97. The number of anilines is 1. The van der Waals surface area contributed by atoms with Gasteiger partial charge in [0.25, 0.3) is 0 Å². The first-order valence-electron chi connectivity index (χ1n) is 8.92. The van der Waals surface area contributed by atoms with Gasteiger partial charge in [-0.05, 0) is 35.7 Å². The lowest BCUT2D eigenvalue weighted by atomic mass is 10.1. The minimum atomic E-state index is 0.349. The van der Waals surface area contributed by atoms with Gasteiger partial charge in [-0.15, -0.1) is 0 Å². The Morgan fingerprint density at radius 2 is 1.70 bits per heavy atom. The molecule has 1 N–H and O–H groups in total. The van der Waals surface area contributed by atoms with Gasteiger partial charge >= 0.3 is 6.01 Å². The van der Waals surface area contributed by atoms with E-state index in [0.717, 1.165) is 35.4 Å². The molecule has 2 heterocycles. The molecule has 0 bridgehead atoms. The third kappa shape index (κ3) is 3.60. The Labute approximate surface area is 157 Å². The average Bonchev–Trinajstić information content (AvgIpc) is 3.16. The van der Waals surface area contributed by atoms with Crippen LogP contribution in [0.3, 0.4) is 0 Å². The Kier molecular flexibility index (Phi) is 4.70. The monoisotopic (exact) mass is 359 g/mol. The van der Waals surface area contributed by atoms with Crippen molar-refractivity contribution in [3.63, 3.8) is 0 Å². The van der Waals surface area contributed by atoms with E-state index in [-0.39, 0.29) is 0 Å². The molecule has 6 heteroatoms. The fourth-order valence-corrected chi connectivity index (χ4v) is 2.96. The van der Waals surface area contributed by atoms with Gasteiger partial charge < -0.3 is 10.1 Å². The van der Waals surface area contributed by atoms with Crippen LogP contribution in [0.4, 0.5) is 5.69 Å². The van der Waals surface area contributed by atoms with E-state index in [1.165, 1.54) is 11.1 Å². The molecular formula is C21H21N5O. The molecule has 0 aliphatic heterocycles. The number of hydrogen-bond acceptors (Lipinski definition) is 5. The molecule has 4 aromatic rings. The van der Waals surface area contributed by atoms with Crippen molar-refractivity contribution in [2.24, 2.45) is 0 Å². The normalized spacial score (nSPS) is 10.9.